The molecule has 2 heterocycles. The summed E-state index contributed by atoms with van der Waals surface area (Å²) in [6.45, 7) is 0.912. The lowest BCUT2D eigenvalue weighted by Gasteiger charge is -2.26. The van der Waals surface area contributed by atoms with E-state index >= 15 is 0 Å². The Labute approximate surface area is 215 Å². The van der Waals surface area contributed by atoms with Crippen LogP contribution in [-0.2, 0) is 16.1 Å². The number of likely N-dealkylation sites (tertiary alicyclic amines) is 1. The Bertz CT molecular complexity index is 1390. The highest BCUT2D eigenvalue weighted by atomic mass is 79.9. The number of amides is 1. The average molecular weight is 552 g/mol. The fraction of sp³-hybridized carbons (Fsp3) is 0.185. The number of hydrogen-bond acceptors (Lipinski definition) is 7. The number of carbonyl (C=O) groups excluding carboxylic acids is 2. The number of nitrogens with zero attached hydrogens (tertiary/aromatic N) is 1. The summed E-state index contributed by atoms with van der Waals surface area (Å²) in [5, 5.41) is 21.7. The summed E-state index contributed by atoms with van der Waals surface area (Å²) < 4.78 is 16.8. The summed E-state index contributed by atoms with van der Waals surface area (Å²) in [5.41, 5.74) is 1.53. The number of hydrogen-bond donors (Lipinski definition) is 2. The minimum absolute atomic E-state index is 0.0766. The first-order valence-corrected chi connectivity index (χ1v) is 12.0. The number of aromatic hydroxyl groups is 1. The molecule has 0 aliphatic carbocycles. The molecule has 8 nitrogen and oxygen atoms in total. The molecule has 1 amide bonds. The first-order valence-electron chi connectivity index (χ1n) is 11.2. The van der Waals surface area contributed by atoms with Crippen molar-refractivity contribution in [3.05, 3.63) is 87.4 Å². The number of fused-ring (bicyclic) bond motifs is 1. The fourth-order valence-electron chi connectivity index (χ4n) is 4.42. The van der Waals surface area contributed by atoms with Gasteiger partial charge in [0.25, 0.3) is 11.7 Å². The van der Waals surface area contributed by atoms with Crippen molar-refractivity contribution < 1.29 is 34.0 Å². The van der Waals surface area contributed by atoms with Crippen LogP contribution in [0.5, 0.6) is 23.0 Å². The van der Waals surface area contributed by atoms with Gasteiger partial charge in [-0.25, -0.2) is 0 Å². The SMILES string of the molecule is COc1cc(C2/C(=C(\O)c3ccc4c(c3)OCCO4)C(=O)C(=O)N2Cc2ccccc2)cc(Br)c1O. The molecular formula is C27H22BrNO7. The predicted octanol–water partition coefficient (Wildman–Crippen LogP) is 4.56. The molecule has 1 unspecified atom stereocenters. The number of halogens is 1. The van der Waals surface area contributed by atoms with Crippen molar-refractivity contribution >= 4 is 33.4 Å². The Morgan fingerprint density at radius 1 is 1.06 bits per heavy atom. The van der Waals surface area contributed by atoms with Crippen molar-refractivity contribution in [1.82, 2.24) is 4.90 Å². The summed E-state index contributed by atoms with van der Waals surface area (Å²) in [7, 11) is 1.40. The molecule has 1 fully saturated rings. The fourth-order valence-corrected chi connectivity index (χ4v) is 4.88. The number of rotatable bonds is 5. The van der Waals surface area contributed by atoms with Gasteiger partial charge in [-0.15, -0.1) is 0 Å². The van der Waals surface area contributed by atoms with Crippen molar-refractivity contribution in [1.29, 1.82) is 0 Å². The highest BCUT2D eigenvalue weighted by Crippen LogP contribution is 2.45. The number of methoxy groups -OCH3 is 1. The minimum atomic E-state index is -0.941. The van der Waals surface area contributed by atoms with Crippen LogP contribution in [0.2, 0.25) is 0 Å². The zero-order chi connectivity index (χ0) is 25.4. The standard InChI is InChI=1S/C27H22BrNO7/c1-34-21-13-17(11-18(28)25(21)31)23-22(24(30)16-7-8-19-20(12-16)36-10-9-35-19)26(32)27(33)29(23)14-15-5-3-2-4-6-15/h2-8,11-13,23,30-31H,9-10,14H2,1H3/b24-22+. The molecule has 1 saturated heterocycles. The molecular weight excluding hydrogens is 530 g/mol. The van der Waals surface area contributed by atoms with Crippen LogP contribution >= 0.6 is 15.9 Å². The molecule has 0 bridgehead atoms. The van der Waals surface area contributed by atoms with Crippen molar-refractivity contribution in [2.24, 2.45) is 0 Å². The Kier molecular flexibility index (Phi) is 6.32. The van der Waals surface area contributed by atoms with Crippen LogP contribution in [0, 0.1) is 0 Å². The molecule has 0 radical (unpaired) electrons. The number of benzene rings is 3. The zero-order valence-corrected chi connectivity index (χ0v) is 20.8. The highest BCUT2D eigenvalue weighted by Gasteiger charge is 2.46. The quantitative estimate of drug-likeness (QED) is 0.272. The van der Waals surface area contributed by atoms with Gasteiger partial charge in [-0.3, -0.25) is 9.59 Å². The number of carbonyl (C=O) groups is 2. The van der Waals surface area contributed by atoms with E-state index in [1.165, 1.54) is 12.0 Å². The number of phenolic OH excluding ortho intramolecular Hbond substituents is 1. The number of phenols is 1. The number of aliphatic hydroxyl groups excluding tert-OH is 1. The van der Waals surface area contributed by atoms with Crippen LogP contribution in [0.1, 0.15) is 22.7 Å². The summed E-state index contributed by atoms with van der Waals surface area (Å²) in [4.78, 5) is 28.0. The van der Waals surface area contributed by atoms with Crippen LogP contribution in [0.25, 0.3) is 5.76 Å². The van der Waals surface area contributed by atoms with E-state index < -0.39 is 17.7 Å². The summed E-state index contributed by atoms with van der Waals surface area (Å²) in [6, 6.07) is 16.3. The van der Waals surface area contributed by atoms with E-state index in [2.05, 4.69) is 15.9 Å². The molecule has 0 spiro atoms. The first-order chi connectivity index (χ1) is 17.4. The normalized spacial score (nSPS) is 18.4. The molecule has 2 aliphatic rings. The third-order valence-electron chi connectivity index (χ3n) is 6.14. The monoisotopic (exact) mass is 551 g/mol. The van der Waals surface area contributed by atoms with Gasteiger partial charge in [-0.2, -0.15) is 0 Å². The Hall–Kier alpha value is -3.98. The third kappa shape index (κ3) is 4.15. The number of ketones is 1. The van der Waals surface area contributed by atoms with Crippen molar-refractivity contribution in [3.8, 4) is 23.0 Å². The Morgan fingerprint density at radius 2 is 1.78 bits per heavy atom. The second-order valence-electron chi connectivity index (χ2n) is 8.32. The topological polar surface area (TPSA) is 106 Å². The van der Waals surface area contributed by atoms with E-state index in [0.717, 1.165) is 5.56 Å². The molecule has 3 aromatic carbocycles. The van der Waals surface area contributed by atoms with Gasteiger partial charge in [0.2, 0.25) is 0 Å². The second kappa shape index (κ2) is 9.58. The van der Waals surface area contributed by atoms with Crippen molar-refractivity contribution in [3.63, 3.8) is 0 Å². The largest absolute Gasteiger partial charge is 0.507 e. The van der Waals surface area contributed by atoms with Gasteiger partial charge >= 0.3 is 0 Å². The van der Waals surface area contributed by atoms with Crippen LogP contribution in [-0.4, -0.2) is 47.1 Å². The van der Waals surface area contributed by atoms with Gasteiger partial charge in [0.15, 0.2) is 23.0 Å². The molecule has 0 saturated carbocycles. The van der Waals surface area contributed by atoms with Crippen LogP contribution in [0.4, 0.5) is 0 Å². The third-order valence-corrected chi connectivity index (χ3v) is 6.74. The van der Waals surface area contributed by atoms with Crippen LogP contribution < -0.4 is 14.2 Å². The lowest BCUT2D eigenvalue weighted by Crippen LogP contribution is -2.29. The van der Waals surface area contributed by atoms with Crippen molar-refractivity contribution in [2.45, 2.75) is 12.6 Å². The Balaban J connectivity index is 1.68. The van der Waals surface area contributed by atoms with E-state index in [1.54, 1.807) is 30.3 Å². The maximum Gasteiger partial charge on any atom is 0.295 e. The molecule has 3 aromatic rings. The molecule has 1 atom stereocenters. The van der Waals surface area contributed by atoms with E-state index in [0.29, 0.717) is 40.3 Å². The van der Waals surface area contributed by atoms with E-state index in [1.807, 2.05) is 30.3 Å². The van der Waals surface area contributed by atoms with E-state index in [4.69, 9.17) is 14.2 Å². The smallest absolute Gasteiger partial charge is 0.295 e. The van der Waals surface area contributed by atoms with Gasteiger partial charge in [-0.05, 0) is 57.4 Å². The summed E-state index contributed by atoms with van der Waals surface area (Å²) in [6.07, 6.45) is 0. The van der Waals surface area contributed by atoms with Gasteiger partial charge in [0.1, 0.15) is 19.0 Å². The number of ether oxygens (including phenoxy) is 3. The number of aliphatic hydroxyl groups is 1. The molecule has 2 aliphatic heterocycles. The van der Waals surface area contributed by atoms with Gasteiger partial charge < -0.3 is 29.3 Å². The van der Waals surface area contributed by atoms with Gasteiger partial charge in [0, 0.05) is 12.1 Å². The molecule has 9 heteroatoms. The minimum Gasteiger partial charge on any atom is -0.507 e. The van der Waals surface area contributed by atoms with E-state index in [-0.39, 0.29) is 29.4 Å². The molecule has 184 valence electrons. The van der Waals surface area contributed by atoms with Crippen LogP contribution in [0.15, 0.2) is 70.7 Å². The summed E-state index contributed by atoms with van der Waals surface area (Å²) in [5.74, 6) is -0.885. The zero-order valence-electron chi connectivity index (χ0n) is 19.2. The molecule has 2 N–H and O–H groups in total. The molecule has 36 heavy (non-hydrogen) atoms. The Morgan fingerprint density at radius 3 is 2.50 bits per heavy atom. The van der Waals surface area contributed by atoms with Gasteiger partial charge in [0.05, 0.1) is 23.2 Å². The highest BCUT2D eigenvalue weighted by molar-refractivity contribution is 9.10. The summed E-state index contributed by atoms with van der Waals surface area (Å²) >= 11 is 3.32. The molecule has 0 aromatic heterocycles. The van der Waals surface area contributed by atoms with Crippen molar-refractivity contribution in [2.75, 3.05) is 20.3 Å². The molecule has 5 rings (SSSR count). The lowest BCUT2D eigenvalue weighted by atomic mass is 9.94. The average Bonchev–Trinajstić information content (AvgIpc) is 3.15. The van der Waals surface area contributed by atoms with E-state index in [9.17, 15) is 19.8 Å². The predicted molar refractivity (Wildman–Crippen MR) is 134 cm³/mol. The van der Waals surface area contributed by atoms with Gasteiger partial charge in [-0.1, -0.05) is 30.3 Å². The maximum atomic E-state index is 13.3. The lowest BCUT2D eigenvalue weighted by molar-refractivity contribution is -0.140. The maximum absolute atomic E-state index is 13.3. The first kappa shape index (κ1) is 23.7. The van der Waals surface area contributed by atoms with Crippen LogP contribution in [0.3, 0.4) is 0 Å². The second-order valence-corrected chi connectivity index (χ2v) is 9.18. The number of Topliss-reactive ketones (excluding diaryl/α,β-unsaturated/α-hetero) is 1.